The highest BCUT2D eigenvalue weighted by Gasteiger charge is 2.31. The molecule has 4 N–H and O–H groups in total. The fourth-order valence-corrected chi connectivity index (χ4v) is 4.13. The molecule has 1 saturated heterocycles. The second-order valence-corrected chi connectivity index (χ2v) is 7.80. The number of likely N-dealkylation sites (N-methyl/N-ethyl adjacent to an activating group) is 1. The van der Waals surface area contributed by atoms with Gasteiger partial charge in [0.05, 0.1) is 26.6 Å². The lowest BCUT2D eigenvalue weighted by Gasteiger charge is -2.41. The number of carboxylic acid groups (broad SMARTS) is 1. The maximum atomic E-state index is 15.0. The van der Waals surface area contributed by atoms with Crippen molar-refractivity contribution in [3.8, 4) is 5.82 Å². The van der Waals surface area contributed by atoms with E-state index in [1.807, 2.05) is 0 Å². The highest BCUT2D eigenvalue weighted by Crippen LogP contribution is 2.39. The van der Waals surface area contributed by atoms with Crippen molar-refractivity contribution in [3.05, 3.63) is 55.8 Å². The molecule has 0 saturated carbocycles. The average molecular weight is 470 g/mol. The molecule has 8 nitrogen and oxygen atoms in total. The summed E-state index contributed by atoms with van der Waals surface area (Å²) in [6, 6.07) is 1.96. The van der Waals surface area contributed by atoms with Crippen molar-refractivity contribution in [1.82, 2.24) is 14.9 Å². The van der Waals surface area contributed by atoms with Gasteiger partial charge in [-0.2, -0.15) is 0 Å². The van der Waals surface area contributed by atoms with Crippen LogP contribution in [0.5, 0.6) is 0 Å². The zero-order valence-corrected chi connectivity index (χ0v) is 17.4. The first-order valence-corrected chi connectivity index (χ1v) is 9.74. The minimum atomic E-state index is -1.55. The van der Waals surface area contributed by atoms with Gasteiger partial charge in [-0.15, -0.1) is 0 Å². The maximum absolute atomic E-state index is 15.0. The fraction of sp³-hybridized carbons (Fsp3) is 0.211. The van der Waals surface area contributed by atoms with Crippen molar-refractivity contribution >= 4 is 51.6 Å². The van der Waals surface area contributed by atoms with Crippen molar-refractivity contribution < 1.29 is 18.7 Å². The molecule has 162 valence electrons. The number of hydrogen-bond acceptors (Lipinski definition) is 6. The maximum Gasteiger partial charge on any atom is 0.341 e. The lowest BCUT2D eigenvalue weighted by atomic mass is 10.0. The van der Waals surface area contributed by atoms with E-state index in [9.17, 15) is 23.5 Å². The largest absolute Gasteiger partial charge is 0.477 e. The first-order chi connectivity index (χ1) is 14.6. The van der Waals surface area contributed by atoms with E-state index in [2.05, 4.69) is 10.3 Å². The quantitative estimate of drug-likeness (QED) is 0.538. The number of rotatable bonds is 4. The van der Waals surface area contributed by atoms with Gasteiger partial charge in [0.15, 0.2) is 17.5 Å². The van der Waals surface area contributed by atoms with E-state index in [1.54, 1.807) is 11.9 Å². The fourth-order valence-electron chi connectivity index (χ4n) is 3.50. The van der Waals surface area contributed by atoms with Gasteiger partial charge in [0.2, 0.25) is 5.43 Å². The van der Waals surface area contributed by atoms with Crippen molar-refractivity contribution in [1.29, 1.82) is 0 Å². The number of nitrogens with one attached hydrogen (secondary N) is 1. The Kier molecular flexibility index (Phi) is 5.24. The van der Waals surface area contributed by atoms with Gasteiger partial charge in [-0.3, -0.25) is 9.36 Å². The molecule has 1 aliphatic rings. The summed E-state index contributed by atoms with van der Waals surface area (Å²) in [5.74, 6) is -3.87. The smallest absolute Gasteiger partial charge is 0.341 e. The van der Waals surface area contributed by atoms with Gasteiger partial charge in [0.1, 0.15) is 11.4 Å². The van der Waals surface area contributed by atoms with Crippen LogP contribution in [0.25, 0.3) is 16.7 Å². The van der Waals surface area contributed by atoms with Gasteiger partial charge in [-0.25, -0.2) is 18.6 Å². The van der Waals surface area contributed by atoms with Gasteiger partial charge in [0, 0.05) is 31.4 Å². The minimum Gasteiger partial charge on any atom is -0.477 e. The Hall–Kier alpha value is -2.95. The number of nitrogens with two attached hydrogens (primary N) is 1. The van der Waals surface area contributed by atoms with Crippen LogP contribution in [-0.4, -0.2) is 46.8 Å². The van der Waals surface area contributed by atoms with Crippen LogP contribution in [0.3, 0.4) is 0 Å². The average Bonchev–Trinajstić information content (AvgIpc) is 2.67. The molecule has 3 aromatic rings. The van der Waals surface area contributed by atoms with E-state index in [1.165, 1.54) is 0 Å². The van der Waals surface area contributed by atoms with Crippen molar-refractivity contribution in [2.24, 2.45) is 0 Å². The Morgan fingerprint density at radius 1 is 1.29 bits per heavy atom. The zero-order valence-electron chi connectivity index (χ0n) is 15.9. The number of benzene rings is 1. The molecule has 12 heteroatoms. The topological polar surface area (TPSA) is 113 Å². The summed E-state index contributed by atoms with van der Waals surface area (Å²) < 4.78 is 29.9. The van der Waals surface area contributed by atoms with Gasteiger partial charge >= 0.3 is 5.97 Å². The Morgan fingerprint density at radius 3 is 2.58 bits per heavy atom. The third-order valence-electron chi connectivity index (χ3n) is 5.16. The van der Waals surface area contributed by atoms with E-state index >= 15 is 0 Å². The number of halogens is 4. The molecule has 0 radical (unpaired) electrons. The minimum absolute atomic E-state index is 0.0265. The molecule has 0 amide bonds. The Bertz CT molecular complexity index is 1310. The molecule has 0 unspecified atom stereocenters. The van der Waals surface area contributed by atoms with Crippen LogP contribution in [0.15, 0.2) is 23.1 Å². The number of hydrogen-bond donors (Lipinski definition) is 3. The summed E-state index contributed by atoms with van der Waals surface area (Å²) in [6.07, 6.45) is 0.957. The van der Waals surface area contributed by atoms with Crippen LogP contribution in [-0.2, 0) is 0 Å². The summed E-state index contributed by atoms with van der Waals surface area (Å²) in [7, 11) is 1.78. The van der Waals surface area contributed by atoms with E-state index < -0.39 is 34.4 Å². The predicted octanol–water partition coefficient (Wildman–Crippen LogP) is 2.66. The third kappa shape index (κ3) is 3.36. The number of nitrogen functional groups attached to an aromatic ring is 1. The molecule has 0 spiro atoms. The Balaban J connectivity index is 2.09. The van der Waals surface area contributed by atoms with E-state index in [0.717, 1.165) is 22.9 Å². The highest BCUT2D eigenvalue weighted by atomic mass is 35.5. The molecule has 0 aliphatic carbocycles. The molecule has 1 aliphatic heterocycles. The van der Waals surface area contributed by atoms with E-state index in [-0.39, 0.29) is 38.5 Å². The lowest BCUT2D eigenvalue weighted by molar-refractivity contribution is 0.0695. The summed E-state index contributed by atoms with van der Waals surface area (Å²) in [4.78, 5) is 29.9. The van der Waals surface area contributed by atoms with Crippen molar-refractivity contribution in [2.45, 2.75) is 6.04 Å². The summed E-state index contributed by atoms with van der Waals surface area (Å²) >= 11 is 12.7. The molecule has 31 heavy (non-hydrogen) atoms. The Labute approximate surface area is 183 Å². The first kappa shape index (κ1) is 21.3. The number of nitrogens with zero attached hydrogens (tertiary/aromatic N) is 3. The zero-order chi connectivity index (χ0) is 22.6. The number of aromatic carboxylic acids is 1. The van der Waals surface area contributed by atoms with Crippen LogP contribution < -0.4 is 21.4 Å². The first-order valence-electron chi connectivity index (χ1n) is 8.98. The van der Waals surface area contributed by atoms with Crippen molar-refractivity contribution in [3.63, 3.8) is 0 Å². The molecule has 3 heterocycles. The summed E-state index contributed by atoms with van der Waals surface area (Å²) in [6.45, 7) is 0.942. The van der Waals surface area contributed by atoms with Gasteiger partial charge in [-0.05, 0) is 13.1 Å². The van der Waals surface area contributed by atoms with Gasteiger partial charge in [0.25, 0.3) is 0 Å². The van der Waals surface area contributed by atoms with Crippen LogP contribution in [0, 0.1) is 11.6 Å². The highest BCUT2D eigenvalue weighted by molar-refractivity contribution is 6.38. The molecule has 0 bridgehead atoms. The van der Waals surface area contributed by atoms with Gasteiger partial charge < -0.3 is 21.1 Å². The molecule has 4 rings (SSSR count). The summed E-state index contributed by atoms with van der Waals surface area (Å²) in [5.41, 5.74) is 3.97. The van der Waals surface area contributed by atoms with Crippen LogP contribution >= 0.6 is 23.2 Å². The lowest BCUT2D eigenvalue weighted by Crippen LogP contribution is -2.57. The molecular weight excluding hydrogens is 455 g/mol. The number of aromatic nitrogens is 2. The van der Waals surface area contributed by atoms with Crippen LogP contribution in [0.4, 0.5) is 20.3 Å². The predicted molar refractivity (Wildman–Crippen MR) is 114 cm³/mol. The second-order valence-electron chi connectivity index (χ2n) is 7.02. The van der Waals surface area contributed by atoms with Gasteiger partial charge in [-0.1, -0.05) is 23.2 Å². The summed E-state index contributed by atoms with van der Waals surface area (Å²) in [5, 5.41) is 11.9. The second kappa shape index (κ2) is 7.63. The number of anilines is 2. The third-order valence-corrected chi connectivity index (χ3v) is 5.80. The van der Waals surface area contributed by atoms with Crippen LogP contribution in [0.2, 0.25) is 10.0 Å². The van der Waals surface area contributed by atoms with E-state index in [4.69, 9.17) is 28.9 Å². The molecule has 0 atom stereocenters. The molecule has 2 aromatic heterocycles. The number of carboxylic acids is 1. The molecule has 1 aromatic carbocycles. The number of pyridine rings is 2. The monoisotopic (exact) mass is 469 g/mol. The van der Waals surface area contributed by atoms with E-state index in [0.29, 0.717) is 13.1 Å². The van der Waals surface area contributed by atoms with Crippen LogP contribution in [0.1, 0.15) is 10.4 Å². The number of carbonyl (C=O) groups is 1. The molecule has 1 fully saturated rings. The Morgan fingerprint density at radius 2 is 1.97 bits per heavy atom. The van der Waals surface area contributed by atoms with Crippen molar-refractivity contribution in [2.75, 3.05) is 30.8 Å². The normalized spacial score (nSPS) is 14.2. The molecular formula is C19H15Cl2F2N5O3. The SMILES string of the molecule is CNC1CN(c2c(F)cc3c(=O)c(C(=O)O)cn(-c4nc(N)c(F)cc4Cl)c3c2Cl)C1. The number of fused-ring (bicyclic) bond motifs is 1. The standard InChI is InChI=1S/C19H15Cl2F2N5O3/c1-25-7-4-27(5-7)15-11(22)2-8-14(13(15)21)28(6-9(16(8)29)19(30)31)18-10(20)3-12(23)17(24)26-18/h2-3,6-7,25H,4-5H2,1H3,(H2,24,26)(H,30,31).